The summed E-state index contributed by atoms with van der Waals surface area (Å²) >= 11 is 0. The highest BCUT2D eigenvalue weighted by molar-refractivity contribution is 5.93. The van der Waals surface area contributed by atoms with Crippen LogP contribution in [-0.4, -0.2) is 33.2 Å². The molecular formula is C19H25N2O2+. The molecule has 2 rings (SSSR count). The van der Waals surface area contributed by atoms with Crippen LogP contribution in [0.25, 0.3) is 0 Å². The first-order valence-electron chi connectivity index (χ1n) is 7.99. The standard InChI is InChI=1S/C19H24N2O2/c1-20-19(22)17-11-9-16(10-12-17)15-21(2)13-6-14-23-18-7-4-3-5-8-18/h3-5,7-12H,6,13-15H2,1-2H3,(H,20,22)/p+1. The Hall–Kier alpha value is -2.33. The third kappa shape index (κ3) is 5.75. The van der Waals surface area contributed by atoms with E-state index in [0.717, 1.165) is 31.9 Å². The van der Waals surface area contributed by atoms with Gasteiger partial charge in [-0.3, -0.25) is 4.79 Å². The highest BCUT2D eigenvalue weighted by Gasteiger charge is 2.06. The average molecular weight is 313 g/mol. The molecule has 0 aliphatic rings. The Bertz CT molecular complexity index is 597. The zero-order valence-electron chi connectivity index (χ0n) is 13.8. The molecule has 0 aliphatic carbocycles. The summed E-state index contributed by atoms with van der Waals surface area (Å²) in [7, 11) is 3.82. The molecular weight excluding hydrogens is 288 g/mol. The largest absolute Gasteiger partial charge is 0.493 e. The molecule has 1 unspecified atom stereocenters. The first kappa shape index (κ1) is 17.0. The number of nitrogens with one attached hydrogen (secondary N) is 2. The van der Waals surface area contributed by atoms with Gasteiger partial charge in [0.15, 0.2) is 0 Å². The van der Waals surface area contributed by atoms with Crippen LogP contribution >= 0.6 is 0 Å². The molecule has 0 radical (unpaired) electrons. The third-order valence-electron chi connectivity index (χ3n) is 3.71. The van der Waals surface area contributed by atoms with Crippen molar-refractivity contribution in [2.24, 2.45) is 0 Å². The van der Waals surface area contributed by atoms with E-state index in [1.165, 1.54) is 10.5 Å². The number of rotatable bonds is 8. The fourth-order valence-corrected chi connectivity index (χ4v) is 2.44. The number of ether oxygens (including phenoxy) is 1. The summed E-state index contributed by atoms with van der Waals surface area (Å²) < 4.78 is 5.70. The Labute approximate surface area is 138 Å². The Balaban J connectivity index is 1.70. The topological polar surface area (TPSA) is 42.8 Å². The van der Waals surface area contributed by atoms with Crippen molar-refractivity contribution in [3.8, 4) is 5.75 Å². The molecule has 2 aromatic rings. The fraction of sp³-hybridized carbons (Fsp3) is 0.316. The SMILES string of the molecule is CNC(=O)c1ccc(C[NH+](C)CCCOc2ccccc2)cc1. The van der Waals surface area contributed by atoms with Gasteiger partial charge < -0.3 is 15.0 Å². The molecule has 0 fully saturated rings. The van der Waals surface area contributed by atoms with E-state index in [2.05, 4.69) is 12.4 Å². The summed E-state index contributed by atoms with van der Waals surface area (Å²) in [4.78, 5) is 12.9. The van der Waals surface area contributed by atoms with Crippen molar-refractivity contribution in [1.82, 2.24) is 5.32 Å². The molecule has 0 bridgehead atoms. The van der Waals surface area contributed by atoms with Gasteiger partial charge in [-0.25, -0.2) is 0 Å². The molecule has 4 heteroatoms. The third-order valence-corrected chi connectivity index (χ3v) is 3.71. The number of benzene rings is 2. The maximum absolute atomic E-state index is 11.5. The van der Waals surface area contributed by atoms with Gasteiger partial charge in [0.25, 0.3) is 5.91 Å². The van der Waals surface area contributed by atoms with Gasteiger partial charge >= 0.3 is 0 Å². The van der Waals surface area contributed by atoms with Gasteiger partial charge in [-0.2, -0.15) is 0 Å². The Morgan fingerprint density at radius 2 is 1.78 bits per heavy atom. The number of hydrogen-bond donors (Lipinski definition) is 2. The van der Waals surface area contributed by atoms with E-state index in [0.29, 0.717) is 5.56 Å². The van der Waals surface area contributed by atoms with E-state index < -0.39 is 0 Å². The molecule has 1 atom stereocenters. The molecule has 4 nitrogen and oxygen atoms in total. The van der Waals surface area contributed by atoms with Gasteiger partial charge in [-0.1, -0.05) is 30.3 Å². The van der Waals surface area contributed by atoms with Crippen molar-refractivity contribution in [1.29, 1.82) is 0 Å². The van der Waals surface area contributed by atoms with Crippen LogP contribution in [0.4, 0.5) is 0 Å². The summed E-state index contributed by atoms with van der Waals surface area (Å²) in [5, 5.41) is 2.63. The molecule has 0 aliphatic heterocycles. The zero-order chi connectivity index (χ0) is 16.5. The molecule has 1 amide bonds. The highest BCUT2D eigenvalue weighted by Crippen LogP contribution is 2.08. The first-order valence-corrected chi connectivity index (χ1v) is 7.99. The maximum atomic E-state index is 11.5. The smallest absolute Gasteiger partial charge is 0.251 e. The van der Waals surface area contributed by atoms with E-state index in [4.69, 9.17) is 4.74 Å². The van der Waals surface area contributed by atoms with Gasteiger partial charge in [0.1, 0.15) is 12.3 Å². The minimum atomic E-state index is -0.0460. The number of amides is 1. The Morgan fingerprint density at radius 1 is 1.09 bits per heavy atom. The van der Waals surface area contributed by atoms with Gasteiger partial charge in [-0.15, -0.1) is 0 Å². The number of para-hydroxylation sites is 1. The lowest BCUT2D eigenvalue weighted by Gasteiger charge is -2.14. The molecule has 122 valence electrons. The lowest BCUT2D eigenvalue weighted by molar-refractivity contribution is -0.894. The Morgan fingerprint density at radius 3 is 2.43 bits per heavy atom. The quantitative estimate of drug-likeness (QED) is 0.726. The van der Waals surface area contributed by atoms with Crippen LogP contribution in [0.1, 0.15) is 22.3 Å². The van der Waals surface area contributed by atoms with Crippen LogP contribution in [0.5, 0.6) is 5.75 Å². The van der Waals surface area contributed by atoms with Crippen molar-refractivity contribution in [2.75, 3.05) is 27.2 Å². The summed E-state index contributed by atoms with van der Waals surface area (Å²) in [6, 6.07) is 17.7. The van der Waals surface area contributed by atoms with Crippen molar-refractivity contribution < 1.29 is 14.4 Å². The monoisotopic (exact) mass is 313 g/mol. The minimum absolute atomic E-state index is 0.0460. The molecule has 0 saturated carbocycles. The molecule has 0 aromatic heterocycles. The second kappa shape index (κ2) is 8.96. The number of carbonyl (C=O) groups excluding carboxylic acids is 1. The summed E-state index contributed by atoms with van der Waals surface area (Å²) in [5.74, 6) is 0.880. The Kier molecular flexibility index (Phi) is 6.63. The van der Waals surface area contributed by atoms with E-state index in [-0.39, 0.29) is 5.91 Å². The van der Waals surface area contributed by atoms with Gasteiger partial charge in [-0.05, 0) is 24.3 Å². The average Bonchev–Trinajstić information content (AvgIpc) is 2.59. The van der Waals surface area contributed by atoms with Crippen LogP contribution in [0.2, 0.25) is 0 Å². The predicted octanol–water partition coefficient (Wildman–Crippen LogP) is 1.53. The van der Waals surface area contributed by atoms with Crippen molar-refractivity contribution >= 4 is 5.91 Å². The second-order valence-electron chi connectivity index (χ2n) is 5.67. The lowest BCUT2D eigenvalue weighted by Crippen LogP contribution is -3.07. The summed E-state index contributed by atoms with van der Waals surface area (Å²) in [6.45, 7) is 2.72. The van der Waals surface area contributed by atoms with Crippen molar-refractivity contribution in [2.45, 2.75) is 13.0 Å². The number of carbonyl (C=O) groups is 1. The highest BCUT2D eigenvalue weighted by atomic mass is 16.5. The van der Waals surface area contributed by atoms with Crippen LogP contribution in [0.3, 0.4) is 0 Å². The molecule has 2 aromatic carbocycles. The summed E-state index contributed by atoms with van der Waals surface area (Å²) in [5.41, 5.74) is 1.93. The normalized spacial score (nSPS) is 11.7. The fourth-order valence-electron chi connectivity index (χ4n) is 2.44. The van der Waals surface area contributed by atoms with Gasteiger partial charge in [0.05, 0.1) is 20.2 Å². The summed E-state index contributed by atoms with van der Waals surface area (Å²) in [6.07, 6.45) is 1.01. The molecule has 23 heavy (non-hydrogen) atoms. The zero-order valence-corrected chi connectivity index (χ0v) is 13.8. The van der Waals surface area contributed by atoms with Crippen LogP contribution in [-0.2, 0) is 6.54 Å². The maximum Gasteiger partial charge on any atom is 0.251 e. The number of hydrogen-bond acceptors (Lipinski definition) is 2. The van der Waals surface area contributed by atoms with E-state index in [1.807, 2.05) is 54.6 Å². The molecule has 0 spiro atoms. The van der Waals surface area contributed by atoms with Gasteiger partial charge in [0, 0.05) is 24.6 Å². The van der Waals surface area contributed by atoms with Crippen LogP contribution in [0.15, 0.2) is 54.6 Å². The first-order chi connectivity index (χ1) is 11.2. The van der Waals surface area contributed by atoms with Crippen molar-refractivity contribution in [3.05, 3.63) is 65.7 Å². The molecule has 0 saturated heterocycles. The van der Waals surface area contributed by atoms with Gasteiger partial charge in [0.2, 0.25) is 0 Å². The van der Waals surface area contributed by atoms with E-state index >= 15 is 0 Å². The van der Waals surface area contributed by atoms with Crippen LogP contribution < -0.4 is 15.0 Å². The lowest BCUT2D eigenvalue weighted by atomic mass is 10.1. The minimum Gasteiger partial charge on any atom is -0.493 e. The van der Waals surface area contributed by atoms with E-state index in [1.54, 1.807) is 7.05 Å². The van der Waals surface area contributed by atoms with Crippen LogP contribution in [0, 0.1) is 0 Å². The molecule has 0 heterocycles. The number of quaternary nitrogens is 1. The molecule has 2 N–H and O–H groups in total. The predicted molar refractivity (Wildman–Crippen MR) is 91.8 cm³/mol. The van der Waals surface area contributed by atoms with E-state index in [9.17, 15) is 4.79 Å². The van der Waals surface area contributed by atoms with Crippen molar-refractivity contribution in [3.63, 3.8) is 0 Å². The second-order valence-corrected chi connectivity index (χ2v) is 5.67.